The van der Waals surface area contributed by atoms with Crippen molar-refractivity contribution in [1.29, 1.82) is 0 Å². The molecule has 0 saturated carbocycles. The number of aliphatic hydroxyl groups is 1. The van der Waals surface area contributed by atoms with Gasteiger partial charge in [-0.2, -0.15) is 11.3 Å². The van der Waals surface area contributed by atoms with Crippen molar-refractivity contribution in [2.24, 2.45) is 0 Å². The Bertz CT molecular complexity index is 570. The molecular formula is C22H49BBr2FIK2NaO9S. The third kappa shape index (κ3) is 146. The summed E-state index contributed by atoms with van der Waals surface area (Å²) in [7, 11) is -2.34. The summed E-state index contributed by atoms with van der Waals surface area (Å²) in [4.78, 5) is 20.0. The SMILES string of the molecule is Br.CC.CC=O.CCBr.CCC.CCO.CCOC.Cc1ccc(S(=O)(=O)O)cc1.FI.O=CO[O-].[B].[H-].[H-].[K+].[K+].[Na+]. The molecule has 9 nitrogen and oxygen atoms in total. The van der Waals surface area contributed by atoms with E-state index < -0.39 is 10.1 Å². The van der Waals surface area contributed by atoms with Gasteiger partial charge in [-0.3, -0.25) is 9.35 Å². The summed E-state index contributed by atoms with van der Waals surface area (Å²) in [5.74, 6) is 0. The van der Waals surface area contributed by atoms with Crippen molar-refractivity contribution < 1.29 is 181 Å². The minimum absolute atomic E-state index is 0. The van der Waals surface area contributed by atoms with E-state index in [0.717, 1.165) is 23.8 Å². The predicted octanol–water partition coefficient (Wildman–Crippen LogP) is -2.88. The third-order valence-electron chi connectivity index (χ3n) is 1.65. The monoisotopic (exact) mass is 905 g/mol. The maximum atomic E-state index is 10.5. The van der Waals surface area contributed by atoms with Gasteiger partial charge in [0, 0.05) is 34.1 Å². The largest absolute Gasteiger partial charge is 1.00 e. The fourth-order valence-electron chi connectivity index (χ4n) is 0.710. The first-order chi connectivity index (χ1) is 16.5. The Labute approximate surface area is 389 Å². The van der Waals surface area contributed by atoms with Crippen LogP contribution in [0.25, 0.3) is 0 Å². The predicted molar refractivity (Wildman–Crippen MR) is 170 cm³/mol. The zero-order chi connectivity index (χ0) is 30.1. The molecule has 0 amide bonds. The van der Waals surface area contributed by atoms with Gasteiger partial charge < -0.3 is 27.6 Å². The van der Waals surface area contributed by atoms with Crippen molar-refractivity contribution in [1.82, 2.24) is 0 Å². The van der Waals surface area contributed by atoms with Crippen LogP contribution in [0.15, 0.2) is 29.2 Å². The number of carbonyl (C=O) groups is 2. The Morgan fingerprint density at radius 3 is 1.32 bits per heavy atom. The van der Waals surface area contributed by atoms with E-state index in [1.54, 1.807) is 26.2 Å². The van der Waals surface area contributed by atoms with E-state index >= 15 is 0 Å². The second-order valence-electron chi connectivity index (χ2n) is 4.58. The molecule has 1 rings (SSSR count). The van der Waals surface area contributed by atoms with Crippen molar-refractivity contribution in [3.05, 3.63) is 29.8 Å². The van der Waals surface area contributed by atoms with E-state index in [-0.39, 0.29) is 179 Å². The molecule has 0 spiro atoms. The van der Waals surface area contributed by atoms with Crippen LogP contribution in [0.3, 0.4) is 0 Å². The standard InChI is InChI=1S/C7H8O3S.C3H8O.C3H8.C2H5Br.C2H6O.C2H4O.C2H6.CH2O3.B.BrH.FI.2K.Na.2H/c1-6-2-4-7(5-3-6)11(8,9)10;1-3-4-2;1-3-2;3*1-2-3;1-2;2-1-4-3;;;1-2;;;;;/h2-5H,1H3,(H,8,9,10);3H2,1-2H3;3H2,1-2H3;2H2,1H3;3H,2H2,1H3;2H,1H3;1-2H3;1,3H;;1H;;;;;;/q;;;;;;;;;;;3*+1;2*-1/p-1. The van der Waals surface area contributed by atoms with Crippen molar-refractivity contribution in [3.63, 3.8) is 0 Å². The average molecular weight is 907 g/mol. The molecule has 3 radical (unpaired) electrons. The molecule has 0 fully saturated rings. The number of methoxy groups -OCH3 is 1. The number of ether oxygens (including phenoxy) is 1. The van der Waals surface area contributed by atoms with Gasteiger partial charge in [-0.05, 0) is 39.8 Å². The van der Waals surface area contributed by atoms with Gasteiger partial charge in [0.2, 0.25) is 0 Å². The van der Waals surface area contributed by atoms with Crippen LogP contribution in [-0.4, -0.2) is 64.9 Å². The molecule has 0 unspecified atom stereocenters. The molecule has 0 aliphatic heterocycles. The Hall–Kier alpha value is 4.11. The van der Waals surface area contributed by atoms with Crippen LogP contribution in [-0.2, 0) is 29.3 Å². The second kappa shape index (κ2) is 96.7. The molecule has 1 aromatic rings. The molecule has 1 aromatic carbocycles. The van der Waals surface area contributed by atoms with Crippen LogP contribution in [0, 0.1) is 6.92 Å². The van der Waals surface area contributed by atoms with E-state index in [9.17, 15) is 11.3 Å². The van der Waals surface area contributed by atoms with Crippen molar-refractivity contribution in [2.75, 3.05) is 25.7 Å². The Morgan fingerprint density at radius 2 is 1.23 bits per heavy atom. The van der Waals surface area contributed by atoms with Gasteiger partial charge in [0.05, 0.1) is 4.90 Å². The number of alkyl halides is 1. The molecule has 0 saturated heterocycles. The number of rotatable bonds is 3. The summed E-state index contributed by atoms with van der Waals surface area (Å²) in [5, 5.41) is 17.1. The number of hydrogen-bond acceptors (Lipinski definition) is 8. The molecule has 0 aromatic heterocycles. The van der Waals surface area contributed by atoms with Crippen LogP contribution in [0.5, 0.6) is 0 Å². The van der Waals surface area contributed by atoms with Crippen molar-refractivity contribution >= 4 is 87.4 Å². The fourth-order valence-corrected chi connectivity index (χ4v) is 1.19. The summed E-state index contributed by atoms with van der Waals surface area (Å²) in [6.07, 6.45) is 2.00. The smallest absolute Gasteiger partial charge is 1.00 e. The number of aryl methyl sites for hydroxylation is 1. The van der Waals surface area contributed by atoms with Gasteiger partial charge in [-0.25, -0.2) is 0 Å². The quantitative estimate of drug-likeness (QED) is 0.0621. The van der Waals surface area contributed by atoms with Gasteiger partial charge in [0.15, 0.2) is 23.2 Å². The molecule has 0 atom stereocenters. The first-order valence-electron chi connectivity index (χ1n) is 10.5. The molecule has 0 aliphatic carbocycles. The number of aliphatic hydroxyl groups excluding tert-OH is 1. The van der Waals surface area contributed by atoms with Gasteiger partial charge in [0.1, 0.15) is 6.29 Å². The Morgan fingerprint density at radius 1 is 1.05 bits per heavy atom. The number of hydrogen-bond donors (Lipinski definition) is 2. The van der Waals surface area contributed by atoms with Crippen LogP contribution in [0.1, 0.15) is 70.2 Å². The number of benzene rings is 1. The zero-order valence-electron chi connectivity index (χ0n) is 28.6. The minimum atomic E-state index is -4.02. The molecular weight excluding hydrogens is 858 g/mol. The third-order valence-corrected chi connectivity index (χ3v) is 2.51. The molecule has 0 heterocycles. The number of halogens is 4. The van der Waals surface area contributed by atoms with Crippen molar-refractivity contribution in [3.8, 4) is 0 Å². The molecule has 40 heavy (non-hydrogen) atoms. The van der Waals surface area contributed by atoms with Gasteiger partial charge in [-0.1, -0.05) is 74.7 Å². The van der Waals surface area contributed by atoms with Crippen LogP contribution < -0.4 is 138 Å². The van der Waals surface area contributed by atoms with E-state index in [2.05, 4.69) is 39.4 Å². The summed E-state index contributed by atoms with van der Waals surface area (Å²) in [6.45, 7) is 18.1. The maximum absolute atomic E-state index is 10.5. The first kappa shape index (κ1) is 84.7. The maximum Gasteiger partial charge on any atom is 1.00 e. The van der Waals surface area contributed by atoms with E-state index in [4.69, 9.17) is 24.5 Å². The number of carbonyl (C=O) groups excluding carboxylic acids is 2. The molecule has 231 valence electrons. The van der Waals surface area contributed by atoms with Crippen LogP contribution in [0.4, 0.5) is 2.86 Å². The van der Waals surface area contributed by atoms with E-state index in [1.807, 2.05) is 34.6 Å². The van der Waals surface area contributed by atoms with Gasteiger partial charge in [0.25, 0.3) is 16.6 Å². The van der Waals surface area contributed by atoms with E-state index in [1.165, 1.54) is 25.5 Å². The zero-order valence-corrected chi connectivity index (χ0v) is 41.1. The minimum Gasteiger partial charge on any atom is -1.00 e. The van der Waals surface area contributed by atoms with Crippen LogP contribution >= 0.6 is 56.1 Å². The molecule has 0 bridgehead atoms. The van der Waals surface area contributed by atoms with Gasteiger partial charge >= 0.3 is 132 Å². The summed E-state index contributed by atoms with van der Waals surface area (Å²) >= 11 is 3.80. The fraction of sp³-hybridized carbons (Fsp3) is 0.636. The number of aldehydes is 1. The van der Waals surface area contributed by atoms with E-state index in [0.29, 0.717) is 23.2 Å². The van der Waals surface area contributed by atoms with Gasteiger partial charge in [-0.15, -0.1) is 17.0 Å². The Balaban J connectivity index is -0.0000000159. The average Bonchev–Trinajstić information content (AvgIpc) is 2.84. The van der Waals surface area contributed by atoms with Crippen molar-refractivity contribution in [2.45, 2.75) is 73.6 Å². The molecule has 0 aliphatic rings. The second-order valence-corrected chi connectivity index (χ2v) is 7.13. The normalized spacial score (nSPS) is 6.40. The summed E-state index contributed by atoms with van der Waals surface area (Å²) in [6, 6.07) is 5.99. The first-order valence-corrected chi connectivity index (χ1v) is 13.8. The molecule has 18 heteroatoms. The Kier molecular flexibility index (Phi) is 205. The topological polar surface area (TPSA) is 150 Å². The van der Waals surface area contributed by atoms with Crippen LogP contribution in [0.2, 0.25) is 0 Å². The molecule has 2 N–H and O–H groups in total. The summed E-state index contributed by atoms with van der Waals surface area (Å²) < 4.78 is 43.6. The summed E-state index contributed by atoms with van der Waals surface area (Å²) in [5.41, 5.74) is 0.956.